The lowest BCUT2D eigenvalue weighted by Crippen LogP contribution is -2.27. The number of aromatic nitrogens is 2. The lowest BCUT2D eigenvalue weighted by atomic mass is 10.2. The minimum Gasteiger partial charge on any atom is -0.444 e. The van der Waals surface area contributed by atoms with Crippen LogP contribution in [-0.4, -0.2) is 21.5 Å². The topological polar surface area (TPSA) is 68.2 Å². The molecule has 124 valence electrons. The van der Waals surface area contributed by atoms with Crippen LogP contribution in [0, 0.1) is 0 Å². The van der Waals surface area contributed by atoms with Gasteiger partial charge in [0.15, 0.2) is 0 Å². The van der Waals surface area contributed by atoms with E-state index < -0.39 is 11.7 Å². The van der Waals surface area contributed by atoms with E-state index in [1.54, 1.807) is 6.20 Å². The third kappa shape index (κ3) is 5.32. The zero-order chi connectivity index (χ0) is 16.9. The number of benzene rings is 1. The van der Waals surface area contributed by atoms with Crippen molar-refractivity contribution in [3.05, 3.63) is 42.2 Å². The maximum Gasteiger partial charge on any atom is 0.412 e. The molecule has 2 aromatic rings. The Kier molecular flexibility index (Phi) is 5.26. The van der Waals surface area contributed by atoms with Gasteiger partial charge in [-0.15, -0.1) is 0 Å². The molecule has 0 atom stereocenters. The van der Waals surface area contributed by atoms with Crippen molar-refractivity contribution in [3.63, 3.8) is 0 Å². The Labute approximate surface area is 136 Å². The summed E-state index contributed by atoms with van der Waals surface area (Å²) in [7, 11) is 0. The van der Waals surface area contributed by atoms with Gasteiger partial charge in [-0.2, -0.15) is 5.10 Å². The summed E-state index contributed by atoms with van der Waals surface area (Å²) in [5.74, 6) is 0. The van der Waals surface area contributed by atoms with Crippen LogP contribution in [0.4, 0.5) is 16.2 Å². The fraction of sp³-hybridized carbons (Fsp3) is 0.412. The molecule has 6 nitrogen and oxygen atoms in total. The predicted octanol–water partition coefficient (Wildman–Crippen LogP) is 3.86. The number of nitrogens with one attached hydrogen (secondary N) is 2. The minimum absolute atomic E-state index is 0.454. The molecule has 0 spiro atoms. The molecule has 0 saturated heterocycles. The molecular weight excluding hydrogens is 292 g/mol. The molecule has 2 N–H and O–H groups in total. The Hall–Kier alpha value is -2.50. The maximum atomic E-state index is 11.7. The number of hydrogen-bond donors (Lipinski definition) is 2. The highest BCUT2D eigenvalue weighted by molar-refractivity contribution is 5.85. The molecule has 0 aliphatic heterocycles. The fourth-order valence-corrected chi connectivity index (χ4v) is 2.08. The summed E-state index contributed by atoms with van der Waals surface area (Å²) in [4.78, 5) is 11.7. The molecule has 0 radical (unpaired) electrons. The molecule has 0 saturated carbocycles. The summed E-state index contributed by atoms with van der Waals surface area (Å²) in [6.45, 7) is 9.12. The Balaban J connectivity index is 1.88. The third-order valence-corrected chi connectivity index (χ3v) is 3.11. The summed E-state index contributed by atoms with van der Waals surface area (Å²) in [5.41, 5.74) is 2.30. The van der Waals surface area contributed by atoms with Crippen LogP contribution in [0.5, 0.6) is 0 Å². The van der Waals surface area contributed by atoms with Gasteiger partial charge in [-0.25, -0.2) is 4.79 Å². The second kappa shape index (κ2) is 7.17. The van der Waals surface area contributed by atoms with E-state index in [9.17, 15) is 4.79 Å². The smallest absolute Gasteiger partial charge is 0.412 e. The van der Waals surface area contributed by atoms with Gasteiger partial charge in [0.05, 0.1) is 12.2 Å². The molecule has 0 bridgehead atoms. The normalized spacial score (nSPS) is 11.1. The summed E-state index contributed by atoms with van der Waals surface area (Å²) >= 11 is 0. The molecule has 1 aromatic carbocycles. The molecule has 6 heteroatoms. The van der Waals surface area contributed by atoms with Crippen molar-refractivity contribution in [1.82, 2.24) is 9.78 Å². The number of aryl methyl sites for hydroxylation is 1. The predicted molar refractivity (Wildman–Crippen MR) is 91.5 cm³/mol. The van der Waals surface area contributed by atoms with E-state index in [0.717, 1.165) is 17.9 Å². The van der Waals surface area contributed by atoms with Gasteiger partial charge >= 0.3 is 6.09 Å². The van der Waals surface area contributed by atoms with Gasteiger partial charge in [0.25, 0.3) is 0 Å². The highest BCUT2D eigenvalue weighted by atomic mass is 16.6. The van der Waals surface area contributed by atoms with Gasteiger partial charge in [0, 0.05) is 24.1 Å². The van der Waals surface area contributed by atoms with Crippen LogP contribution in [0.15, 0.2) is 36.5 Å². The Morgan fingerprint density at radius 3 is 2.43 bits per heavy atom. The van der Waals surface area contributed by atoms with E-state index in [1.165, 1.54) is 0 Å². The largest absolute Gasteiger partial charge is 0.444 e. The van der Waals surface area contributed by atoms with E-state index in [0.29, 0.717) is 12.2 Å². The van der Waals surface area contributed by atoms with Crippen LogP contribution in [0.2, 0.25) is 0 Å². The van der Waals surface area contributed by atoms with Crippen LogP contribution in [0.25, 0.3) is 0 Å². The lowest BCUT2D eigenvalue weighted by molar-refractivity contribution is 0.0636. The molecule has 1 amide bonds. The van der Waals surface area contributed by atoms with Gasteiger partial charge in [0.1, 0.15) is 5.60 Å². The van der Waals surface area contributed by atoms with Crippen molar-refractivity contribution < 1.29 is 9.53 Å². The third-order valence-electron chi connectivity index (χ3n) is 3.11. The molecule has 0 aliphatic rings. The van der Waals surface area contributed by atoms with Crippen LogP contribution in [-0.2, 0) is 17.8 Å². The number of carbonyl (C=O) groups is 1. The summed E-state index contributed by atoms with van der Waals surface area (Å²) in [6, 6.07) is 9.50. The molecule has 0 aliphatic carbocycles. The summed E-state index contributed by atoms with van der Waals surface area (Å²) < 4.78 is 7.17. The van der Waals surface area contributed by atoms with Gasteiger partial charge in [0.2, 0.25) is 0 Å². The van der Waals surface area contributed by atoms with Gasteiger partial charge in [-0.3, -0.25) is 10.00 Å². The monoisotopic (exact) mass is 316 g/mol. The van der Waals surface area contributed by atoms with E-state index in [1.807, 2.05) is 55.8 Å². The number of amides is 1. The first-order valence-electron chi connectivity index (χ1n) is 7.72. The van der Waals surface area contributed by atoms with Crippen LogP contribution in [0.3, 0.4) is 0 Å². The molecule has 2 rings (SSSR count). The van der Waals surface area contributed by atoms with E-state index >= 15 is 0 Å². The highest BCUT2D eigenvalue weighted by Gasteiger charge is 2.16. The number of carbonyl (C=O) groups excluding carboxylic acids is 1. The van der Waals surface area contributed by atoms with Crippen LogP contribution in [0.1, 0.15) is 33.4 Å². The molecule has 1 heterocycles. The number of hydrogen-bond acceptors (Lipinski definition) is 4. The summed E-state index contributed by atoms with van der Waals surface area (Å²) in [5, 5.41) is 10.3. The zero-order valence-electron chi connectivity index (χ0n) is 14.1. The van der Waals surface area contributed by atoms with Crippen molar-refractivity contribution in [2.75, 3.05) is 10.6 Å². The maximum absolute atomic E-state index is 11.7. The minimum atomic E-state index is -0.506. The van der Waals surface area contributed by atoms with E-state index in [4.69, 9.17) is 4.74 Å². The first-order chi connectivity index (χ1) is 10.9. The van der Waals surface area contributed by atoms with Crippen molar-refractivity contribution in [3.8, 4) is 0 Å². The molecule has 0 fully saturated rings. The van der Waals surface area contributed by atoms with Crippen molar-refractivity contribution >= 4 is 17.5 Å². The van der Waals surface area contributed by atoms with Gasteiger partial charge in [-0.1, -0.05) is 0 Å². The van der Waals surface area contributed by atoms with Crippen molar-refractivity contribution in [1.29, 1.82) is 0 Å². The Morgan fingerprint density at radius 1 is 1.17 bits per heavy atom. The number of ether oxygens (including phenoxy) is 1. The van der Waals surface area contributed by atoms with Crippen LogP contribution >= 0.6 is 0 Å². The zero-order valence-corrected chi connectivity index (χ0v) is 14.1. The number of nitrogens with zero attached hydrogens (tertiary/aromatic N) is 2. The van der Waals surface area contributed by atoms with E-state index in [2.05, 4.69) is 22.7 Å². The SMILES string of the molecule is CCn1nccc1CNc1ccc(NC(=O)OC(C)(C)C)cc1. The van der Waals surface area contributed by atoms with Crippen molar-refractivity contribution in [2.45, 2.75) is 46.4 Å². The van der Waals surface area contributed by atoms with Crippen molar-refractivity contribution in [2.24, 2.45) is 0 Å². The van der Waals surface area contributed by atoms with Gasteiger partial charge < -0.3 is 10.1 Å². The average Bonchev–Trinajstić information content (AvgIpc) is 2.92. The number of anilines is 2. The second-order valence-corrected chi connectivity index (χ2v) is 6.20. The molecule has 23 heavy (non-hydrogen) atoms. The Bertz CT molecular complexity index is 641. The first-order valence-corrected chi connectivity index (χ1v) is 7.72. The summed E-state index contributed by atoms with van der Waals surface area (Å²) in [6.07, 6.45) is 1.35. The quantitative estimate of drug-likeness (QED) is 0.879. The number of rotatable bonds is 5. The van der Waals surface area contributed by atoms with Crippen LogP contribution < -0.4 is 10.6 Å². The Morgan fingerprint density at radius 2 is 1.83 bits per heavy atom. The lowest BCUT2D eigenvalue weighted by Gasteiger charge is -2.19. The average molecular weight is 316 g/mol. The first kappa shape index (κ1) is 16.9. The molecular formula is C17H24N4O2. The van der Waals surface area contributed by atoms with Gasteiger partial charge in [-0.05, 0) is 58.0 Å². The molecule has 0 unspecified atom stereocenters. The standard InChI is InChI=1S/C17H24N4O2/c1-5-21-15(10-11-19-21)12-18-13-6-8-14(9-7-13)20-16(22)23-17(2,3)4/h6-11,18H,5,12H2,1-4H3,(H,20,22). The molecule has 1 aromatic heterocycles. The highest BCUT2D eigenvalue weighted by Crippen LogP contribution is 2.16. The second-order valence-electron chi connectivity index (χ2n) is 6.20. The van der Waals surface area contributed by atoms with E-state index in [-0.39, 0.29) is 0 Å². The fourth-order valence-electron chi connectivity index (χ4n) is 2.08.